The Morgan fingerprint density at radius 3 is 2.38 bits per heavy atom. The zero-order valence-corrected chi connectivity index (χ0v) is 13.4. The fourth-order valence-corrected chi connectivity index (χ4v) is 3.17. The molecular formula is C17H22F3NO3. The predicted octanol–water partition coefficient (Wildman–Crippen LogP) is 2.96. The highest BCUT2D eigenvalue weighted by Gasteiger charge is 2.30. The molecule has 134 valence electrons. The molecule has 3 rings (SSSR count). The second kappa shape index (κ2) is 7.72. The van der Waals surface area contributed by atoms with Crippen LogP contribution in [0.15, 0.2) is 24.3 Å². The van der Waals surface area contributed by atoms with Crippen LogP contribution in [-0.4, -0.2) is 56.6 Å². The fraction of sp³-hybridized carbons (Fsp3) is 0.647. The van der Waals surface area contributed by atoms with Crippen molar-refractivity contribution in [2.45, 2.75) is 31.2 Å². The Labute approximate surface area is 139 Å². The molecule has 2 heterocycles. The summed E-state index contributed by atoms with van der Waals surface area (Å²) in [6, 6.07) is 5.28. The van der Waals surface area contributed by atoms with Gasteiger partial charge in [0.1, 0.15) is 11.9 Å². The average molecular weight is 345 g/mol. The van der Waals surface area contributed by atoms with Crippen LogP contribution in [0.2, 0.25) is 0 Å². The van der Waals surface area contributed by atoms with E-state index in [9.17, 15) is 13.2 Å². The number of hydrogen-bond acceptors (Lipinski definition) is 4. The topological polar surface area (TPSA) is 30.9 Å². The summed E-state index contributed by atoms with van der Waals surface area (Å²) in [6.07, 6.45) is -2.53. The minimum absolute atomic E-state index is 0.188. The highest BCUT2D eigenvalue weighted by molar-refractivity contribution is 5.29. The molecule has 2 fully saturated rings. The summed E-state index contributed by atoms with van der Waals surface area (Å²) < 4.78 is 54.7. The zero-order chi connectivity index (χ0) is 17.0. The summed E-state index contributed by atoms with van der Waals surface area (Å²) in [5.74, 6) is 0.436. The van der Waals surface area contributed by atoms with E-state index in [1.54, 1.807) is 0 Å². The van der Waals surface area contributed by atoms with E-state index in [1.807, 2.05) is 0 Å². The normalized spacial score (nSPS) is 24.5. The second-order valence-corrected chi connectivity index (χ2v) is 6.18. The Balaban J connectivity index is 1.60. The quantitative estimate of drug-likeness (QED) is 0.843. The maximum Gasteiger partial charge on any atom is 0.416 e. The van der Waals surface area contributed by atoms with Crippen LogP contribution < -0.4 is 4.74 Å². The highest BCUT2D eigenvalue weighted by atomic mass is 19.4. The molecule has 7 heteroatoms. The summed E-state index contributed by atoms with van der Waals surface area (Å²) >= 11 is 0. The SMILES string of the molecule is FC(F)(F)c1ccc(OC2COCCN(C3CCOCC3)C2)cc1. The molecule has 0 aromatic heterocycles. The van der Waals surface area contributed by atoms with Crippen LogP contribution in [0.5, 0.6) is 5.75 Å². The molecule has 0 bridgehead atoms. The first-order valence-corrected chi connectivity index (χ1v) is 8.26. The Bertz CT molecular complexity index is 515. The van der Waals surface area contributed by atoms with E-state index in [2.05, 4.69) is 4.90 Å². The molecule has 0 spiro atoms. The highest BCUT2D eigenvalue weighted by Crippen LogP contribution is 2.30. The number of nitrogens with zero attached hydrogens (tertiary/aromatic N) is 1. The molecular weight excluding hydrogens is 323 g/mol. The van der Waals surface area contributed by atoms with Gasteiger partial charge in [-0.1, -0.05) is 0 Å². The first kappa shape index (κ1) is 17.5. The van der Waals surface area contributed by atoms with Gasteiger partial charge in [0.25, 0.3) is 0 Å². The third-order valence-electron chi connectivity index (χ3n) is 4.46. The van der Waals surface area contributed by atoms with Crippen molar-refractivity contribution < 1.29 is 27.4 Å². The Morgan fingerprint density at radius 2 is 1.71 bits per heavy atom. The van der Waals surface area contributed by atoms with Crippen LogP contribution in [0.25, 0.3) is 0 Å². The molecule has 2 saturated heterocycles. The lowest BCUT2D eigenvalue weighted by molar-refractivity contribution is -0.137. The standard InChI is InChI=1S/C17H22F3NO3/c18-17(19,20)13-1-3-15(4-2-13)24-16-11-21(7-10-23-12-16)14-5-8-22-9-6-14/h1-4,14,16H,5-12H2. The molecule has 2 aliphatic heterocycles. The molecule has 0 aliphatic carbocycles. The van der Waals surface area contributed by atoms with Crippen molar-refractivity contribution in [1.29, 1.82) is 0 Å². The van der Waals surface area contributed by atoms with Crippen molar-refractivity contribution in [1.82, 2.24) is 4.90 Å². The summed E-state index contributed by atoms with van der Waals surface area (Å²) in [5.41, 5.74) is -0.671. The molecule has 1 atom stereocenters. The van der Waals surface area contributed by atoms with Crippen molar-refractivity contribution >= 4 is 0 Å². The van der Waals surface area contributed by atoms with Crippen molar-refractivity contribution in [3.05, 3.63) is 29.8 Å². The number of hydrogen-bond donors (Lipinski definition) is 0. The van der Waals surface area contributed by atoms with Crippen LogP contribution >= 0.6 is 0 Å². The number of ether oxygens (including phenoxy) is 3. The van der Waals surface area contributed by atoms with Crippen LogP contribution in [0.3, 0.4) is 0 Å². The molecule has 1 aromatic rings. The van der Waals surface area contributed by atoms with Gasteiger partial charge in [0, 0.05) is 32.3 Å². The molecule has 24 heavy (non-hydrogen) atoms. The number of alkyl halides is 3. The van der Waals surface area contributed by atoms with Crippen LogP contribution in [-0.2, 0) is 15.7 Å². The van der Waals surface area contributed by atoms with Gasteiger partial charge < -0.3 is 14.2 Å². The minimum atomic E-state index is -4.33. The lowest BCUT2D eigenvalue weighted by atomic mass is 10.1. The monoisotopic (exact) mass is 345 g/mol. The van der Waals surface area contributed by atoms with Gasteiger partial charge >= 0.3 is 6.18 Å². The third kappa shape index (κ3) is 4.62. The van der Waals surface area contributed by atoms with E-state index in [1.165, 1.54) is 12.1 Å². The Hall–Kier alpha value is -1.31. The lowest BCUT2D eigenvalue weighted by Crippen LogP contribution is -2.44. The van der Waals surface area contributed by atoms with E-state index < -0.39 is 11.7 Å². The van der Waals surface area contributed by atoms with Crippen molar-refractivity contribution in [2.75, 3.05) is 39.5 Å². The summed E-state index contributed by atoms with van der Waals surface area (Å²) in [6.45, 7) is 4.19. The third-order valence-corrected chi connectivity index (χ3v) is 4.46. The summed E-state index contributed by atoms with van der Waals surface area (Å²) in [5, 5.41) is 0. The molecule has 1 aromatic carbocycles. The molecule has 2 aliphatic rings. The molecule has 0 amide bonds. The van der Waals surface area contributed by atoms with Crippen LogP contribution in [0.1, 0.15) is 18.4 Å². The first-order valence-electron chi connectivity index (χ1n) is 8.26. The van der Waals surface area contributed by atoms with Gasteiger partial charge in [0.2, 0.25) is 0 Å². The second-order valence-electron chi connectivity index (χ2n) is 6.18. The maximum absolute atomic E-state index is 12.6. The predicted molar refractivity (Wildman–Crippen MR) is 82.1 cm³/mol. The van der Waals surface area contributed by atoms with E-state index in [0.717, 1.165) is 44.7 Å². The maximum atomic E-state index is 12.6. The van der Waals surface area contributed by atoms with E-state index in [4.69, 9.17) is 14.2 Å². The number of benzene rings is 1. The largest absolute Gasteiger partial charge is 0.487 e. The van der Waals surface area contributed by atoms with Gasteiger partial charge in [0.15, 0.2) is 0 Å². The molecule has 0 saturated carbocycles. The van der Waals surface area contributed by atoms with Gasteiger partial charge in [-0.3, -0.25) is 4.90 Å². The average Bonchev–Trinajstić information content (AvgIpc) is 2.81. The summed E-state index contributed by atoms with van der Waals surface area (Å²) in [4.78, 5) is 2.35. The molecule has 4 nitrogen and oxygen atoms in total. The van der Waals surface area contributed by atoms with Crippen LogP contribution in [0.4, 0.5) is 13.2 Å². The Morgan fingerprint density at radius 1 is 1.00 bits per heavy atom. The summed E-state index contributed by atoms with van der Waals surface area (Å²) in [7, 11) is 0. The minimum Gasteiger partial charge on any atom is -0.487 e. The lowest BCUT2D eigenvalue weighted by Gasteiger charge is -2.34. The van der Waals surface area contributed by atoms with Gasteiger partial charge in [-0.2, -0.15) is 13.2 Å². The Kier molecular flexibility index (Phi) is 5.63. The smallest absolute Gasteiger partial charge is 0.416 e. The van der Waals surface area contributed by atoms with Crippen molar-refractivity contribution in [2.24, 2.45) is 0 Å². The molecule has 0 radical (unpaired) electrons. The molecule has 0 N–H and O–H groups in total. The van der Waals surface area contributed by atoms with E-state index in [-0.39, 0.29) is 6.10 Å². The zero-order valence-electron chi connectivity index (χ0n) is 13.4. The van der Waals surface area contributed by atoms with E-state index >= 15 is 0 Å². The molecule has 1 unspecified atom stereocenters. The van der Waals surface area contributed by atoms with Gasteiger partial charge in [0.05, 0.1) is 18.8 Å². The van der Waals surface area contributed by atoms with Crippen molar-refractivity contribution in [3.8, 4) is 5.75 Å². The van der Waals surface area contributed by atoms with Gasteiger partial charge in [-0.05, 0) is 37.1 Å². The number of halogens is 3. The number of rotatable bonds is 3. The van der Waals surface area contributed by atoms with Gasteiger partial charge in [-0.15, -0.1) is 0 Å². The van der Waals surface area contributed by atoms with Gasteiger partial charge in [-0.25, -0.2) is 0 Å². The van der Waals surface area contributed by atoms with Crippen LogP contribution in [0, 0.1) is 0 Å². The van der Waals surface area contributed by atoms with Crippen molar-refractivity contribution in [3.63, 3.8) is 0 Å². The van der Waals surface area contributed by atoms with E-state index in [0.29, 0.717) is 31.5 Å². The first-order chi connectivity index (χ1) is 11.5. The fourth-order valence-electron chi connectivity index (χ4n) is 3.17.